The zero-order chi connectivity index (χ0) is 21.1. The topological polar surface area (TPSA) is 86.4 Å². The van der Waals surface area contributed by atoms with Crippen molar-refractivity contribution in [1.82, 2.24) is 9.78 Å². The maximum absolute atomic E-state index is 13.1. The molecule has 1 unspecified atom stereocenters. The Morgan fingerprint density at radius 3 is 2.70 bits per heavy atom. The van der Waals surface area contributed by atoms with Gasteiger partial charge in [-0.1, -0.05) is 37.3 Å². The molecule has 4 aromatic rings. The Kier molecular flexibility index (Phi) is 5.34. The molecule has 2 heterocycles. The van der Waals surface area contributed by atoms with Crippen molar-refractivity contribution in [3.05, 3.63) is 88.4 Å². The molecular formula is C23H21N3O4. The molecule has 0 saturated heterocycles. The standard InChI is InChI=1S/C23H21N3O4/c1-3-19(15-7-5-4-6-8-15)26-21(11-12-24-26)25-23(28)18-14-22(27)30-20-13-16(29-2)9-10-17(18)20/h4-14,19H,3H2,1-2H3,(H,25,28). The lowest BCUT2D eigenvalue weighted by molar-refractivity contribution is 0.102. The van der Waals surface area contributed by atoms with Crippen LogP contribution in [0.5, 0.6) is 5.75 Å². The summed E-state index contributed by atoms with van der Waals surface area (Å²) in [6.07, 6.45) is 2.44. The smallest absolute Gasteiger partial charge is 0.337 e. The third kappa shape index (κ3) is 3.69. The second-order valence-corrected chi connectivity index (χ2v) is 6.79. The number of fused-ring (bicyclic) bond motifs is 1. The maximum Gasteiger partial charge on any atom is 0.337 e. The molecule has 1 atom stereocenters. The first-order valence-electron chi connectivity index (χ1n) is 9.62. The van der Waals surface area contributed by atoms with Gasteiger partial charge in [0, 0.05) is 23.6 Å². The number of ether oxygens (including phenoxy) is 1. The van der Waals surface area contributed by atoms with E-state index in [2.05, 4.69) is 17.3 Å². The summed E-state index contributed by atoms with van der Waals surface area (Å²) >= 11 is 0. The van der Waals surface area contributed by atoms with Crippen LogP contribution in [0.15, 0.2) is 76.1 Å². The average molecular weight is 403 g/mol. The van der Waals surface area contributed by atoms with Crippen LogP contribution in [0.3, 0.4) is 0 Å². The van der Waals surface area contributed by atoms with Crippen molar-refractivity contribution in [3.63, 3.8) is 0 Å². The van der Waals surface area contributed by atoms with E-state index in [4.69, 9.17) is 9.15 Å². The molecule has 1 N–H and O–H groups in total. The molecule has 1 amide bonds. The summed E-state index contributed by atoms with van der Waals surface area (Å²) in [6.45, 7) is 2.06. The molecular weight excluding hydrogens is 382 g/mol. The summed E-state index contributed by atoms with van der Waals surface area (Å²) < 4.78 is 12.2. The second-order valence-electron chi connectivity index (χ2n) is 6.79. The lowest BCUT2D eigenvalue weighted by Gasteiger charge is -2.19. The van der Waals surface area contributed by atoms with Gasteiger partial charge in [0.25, 0.3) is 5.91 Å². The normalized spacial score (nSPS) is 11.9. The number of benzene rings is 2. The monoisotopic (exact) mass is 403 g/mol. The maximum atomic E-state index is 13.1. The Morgan fingerprint density at radius 1 is 1.17 bits per heavy atom. The fourth-order valence-corrected chi connectivity index (χ4v) is 3.53. The Balaban J connectivity index is 1.69. The SMILES string of the molecule is CCC(c1ccccc1)n1nccc1NC(=O)c1cc(=O)oc2cc(OC)ccc12. The van der Waals surface area contributed by atoms with Crippen LogP contribution in [0.25, 0.3) is 11.0 Å². The van der Waals surface area contributed by atoms with Gasteiger partial charge in [-0.2, -0.15) is 5.10 Å². The minimum absolute atomic E-state index is 0.0293. The first-order chi connectivity index (χ1) is 14.6. The fourth-order valence-electron chi connectivity index (χ4n) is 3.53. The van der Waals surface area contributed by atoms with Gasteiger partial charge in [0.1, 0.15) is 17.2 Å². The van der Waals surface area contributed by atoms with Crippen molar-refractivity contribution < 1.29 is 13.9 Å². The average Bonchev–Trinajstić information content (AvgIpc) is 3.21. The molecule has 0 saturated carbocycles. The molecule has 7 heteroatoms. The first-order valence-corrected chi connectivity index (χ1v) is 9.62. The highest BCUT2D eigenvalue weighted by atomic mass is 16.5. The number of hydrogen-bond acceptors (Lipinski definition) is 5. The van der Waals surface area contributed by atoms with E-state index >= 15 is 0 Å². The molecule has 4 rings (SSSR count). The zero-order valence-corrected chi connectivity index (χ0v) is 16.7. The predicted molar refractivity (Wildman–Crippen MR) is 114 cm³/mol. The van der Waals surface area contributed by atoms with Crippen LogP contribution in [0.2, 0.25) is 0 Å². The number of aromatic nitrogens is 2. The highest BCUT2D eigenvalue weighted by Gasteiger charge is 2.19. The van der Waals surface area contributed by atoms with Gasteiger partial charge in [-0.15, -0.1) is 0 Å². The van der Waals surface area contributed by atoms with E-state index in [1.165, 1.54) is 13.2 Å². The zero-order valence-electron chi connectivity index (χ0n) is 16.7. The van der Waals surface area contributed by atoms with Gasteiger partial charge in [-0.25, -0.2) is 9.48 Å². The minimum Gasteiger partial charge on any atom is -0.497 e. The minimum atomic E-state index is -0.606. The molecule has 0 fully saturated rings. The Hall–Kier alpha value is -3.87. The third-order valence-electron chi connectivity index (χ3n) is 4.97. The molecule has 0 spiro atoms. The number of carbonyl (C=O) groups is 1. The lowest BCUT2D eigenvalue weighted by Crippen LogP contribution is -2.20. The summed E-state index contributed by atoms with van der Waals surface area (Å²) in [5.41, 5.74) is 1.00. The molecule has 0 bridgehead atoms. The number of nitrogens with one attached hydrogen (secondary N) is 1. The van der Waals surface area contributed by atoms with Crippen LogP contribution in [0.4, 0.5) is 5.82 Å². The number of nitrogens with zero attached hydrogens (tertiary/aromatic N) is 2. The van der Waals surface area contributed by atoms with Crippen molar-refractivity contribution in [2.45, 2.75) is 19.4 Å². The second kappa shape index (κ2) is 8.24. The molecule has 7 nitrogen and oxygen atoms in total. The largest absolute Gasteiger partial charge is 0.497 e. The molecule has 0 radical (unpaired) electrons. The highest BCUT2D eigenvalue weighted by Crippen LogP contribution is 2.26. The van der Waals surface area contributed by atoms with Crippen molar-refractivity contribution in [3.8, 4) is 5.75 Å². The van der Waals surface area contributed by atoms with Gasteiger partial charge in [0.05, 0.1) is 24.9 Å². The van der Waals surface area contributed by atoms with Crippen molar-refractivity contribution in [1.29, 1.82) is 0 Å². The summed E-state index contributed by atoms with van der Waals surface area (Å²) in [7, 11) is 1.52. The highest BCUT2D eigenvalue weighted by molar-refractivity contribution is 6.11. The van der Waals surface area contributed by atoms with Gasteiger partial charge in [0.2, 0.25) is 0 Å². The first kappa shape index (κ1) is 19.4. The number of rotatable bonds is 6. The van der Waals surface area contributed by atoms with E-state index in [1.807, 2.05) is 30.3 Å². The van der Waals surface area contributed by atoms with E-state index in [0.29, 0.717) is 17.0 Å². The molecule has 2 aromatic carbocycles. The van der Waals surface area contributed by atoms with E-state index in [0.717, 1.165) is 12.0 Å². The molecule has 30 heavy (non-hydrogen) atoms. The van der Waals surface area contributed by atoms with E-state index in [9.17, 15) is 9.59 Å². The van der Waals surface area contributed by atoms with Crippen LogP contribution in [-0.4, -0.2) is 22.8 Å². The van der Waals surface area contributed by atoms with Crippen LogP contribution >= 0.6 is 0 Å². The Morgan fingerprint density at radius 2 is 1.97 bits per heavy atom. The van der Waals surface area contributed by atoms with Crippen molar-refractivity contribution >= 4 is 22.7 Å². The molecule has 0 aliphatic rings. The molecule has 152 valence electrons. The summed E-state index contributed by atoms with van der Waals surface area (Å²) in [6, 6.07) is 17.9. The summed E-state index contributed by atoms with van der Waals surface area (Å²) in [5, 5.41) is 7.83. The van der Waals surface area contributed by atoms with Crippen LogP contribution in [0, 0.1) is 0 Å². The van der Waals surface area contributed by atoms with Gasteiger partial charge in [-0.05, 0) is 24.1 Å². The van der Waals surface area contributed by atoms with E-state index in [1.54, 1.807) is 35.1 Å². The fraction of sp³-hybridized carbons (Fsp3) is 0.174. The molecule has 0 aliphatic heterocycles. The lowest BCUT2D eigenvalue weighted by atomic mass is 10.1. The van der Waals surface area contributed by atoms with Crippen LogP contribution in [-0.2, 0) is 0 Å². The predicted octanol–water partition coefficient (Wildman–Crippen LogP) is 4.25. The number of anilines is 1. The number of amides is 1. The quantitative estimate of drug-likeness (QED) is 0.487. The van der Waals surface area contributed by atoms with Gasteiger partial charge >= 0.3 is 5.63 Å². The van der Waals surface area contributed by atoms with E-state index < -0.39 is 11.5 Å². The van der Waals surface area contributed by atoms with Gasteiger partial charge in [-0.3, -0.25) is 4.79 Å². The van der Waals surface area contributed by atoms with Crippen molar-refractivity contribution in [2.24, 2.45) is 0 Å². The number of carbonyl (C=O) groups excluding carboxylic acids is 1. The Labute approximate surface area is 172 Å². The van der Waals surface area contributed by atoms with Gasteiger partial charge < -0.3 is 14.5 Å². The van der Waals surface area contributed by atoms with Gasteiger partial charge in [0.15, 0.2) is 0 Å². The van der Waals surface area contributed by atoms with E-state index in [-0.39, 0.29) is 17.2 Å². The molecule has 2 aromatic heterocycles. The molecule has 0 aliphatic carbocycles. The van der Waals surface area contributed by atoms with Crippen molar-refractivity contribution in [2.75, 3.05) is 12.4 Å². The third-order valence-corrected chi connectivity index (χ3v) is 4.97. The summed E-state index contributed by atoms with van der Waals surface area (Å²) in [5.74, 6) is 0.670. The number of hydrogen-bond donors (Lipinski definition) is 1. The number of methoxy groups -OCH3 is 1. The summed E-state index contributed by atoms with van der Waals surface area (Å²) in [4.78, 5) is 25.1. The Bertz CT molecular complexity index is 1240. The van der Waals surface area contributed by atoms with Crippen LogP contribution < -0.4 is 15.7 Å². The van der Waals surface area contributed by atoms with Crippen LogP contribution in [0.1, 0.15) is 35.3 Å².